The molecule has 1 N–H and O–H groups in total. The average molecular weight is 217 g/mol. The zero-order valence-corrected chi connectivity index (χ0v) is 9.96. The molecule has 0 aliphatic heterocycles. The molecule has 0 bridgehead atoms. The van der Waals surface area contributed by atoms with Crippen molar-refractivity contribution >= 4 is 16.9 Å². The van der Waals surface area contributed by atoms with Gasteiger partial charge in [0.15, 0.2) is 0 Å². The Balaban J connectivity index is 2.99. The van der Waals surface area contributed by atoms with Gasteiger partial charge in [-0.2, -0.15) is 0 Å². The van der Waals surface area contributed by atoms with Crippen molar-refractivity contribution in [3.05, 3.63) is 34.5 Å². The lowest BCUT2D eigenvalue weighted by Gasteiger charge is -2.03. The minimum absolute atomic E-state index is 0.378. The number of carbonyl (C=O) groups is 1. The molecule has 0 spiro atoms. The van der Waals surface area contributed by atoms with Crippen LogP contribution in [0.5, 0.6) is 0 Å². The highest BCUT2D eigenvalue weighted by molar-refractivity contribution is 5.99. The summed E-state index contributed by atoms with van der Waals surface area (Å²) in [4.78, 5) is 11.2. The molecule has 16 heavy (non-hydrogen) atoms. The van der Waals surface area contributed by atoms with Crippen molar-refractivity contribution < 1.29 is 9.90 Å². The minimum Gasteiger partial charge on any atom is -0.477 e. The Kier molecular flexibility index (Phi) is 2.26. The van der Waals surface area contributed by atoms with Crippen molar-refractivity contribution in [3.8, 4) is 0 Å². The third-order valence-electron chi connectivity index (χ3n) is 3.08. The first-order valence-corrected chi connectivity index (χ1v) is 5.23. The number of nitrogens with zero attached hydrogens (tertiary/aromatic N) is 1. The molecule has 0 aliphatic carbocycles. The van der Waals surface area contributed by atoms with Crippen molar-refractivity contribution in [3.63, 3.8) is 0 Å². The maximum atomic E-state index is 11.2. The van der Waals surface area contributed by atoms with Gasteiger partial charge in [0, 0.05) is 12.4 Å². The number of rotatable bonds is 1. The maximum absolute atomic E-state index is 11.2. The van der Waals surface area contributed by atoms with Gasteiger partial charge in [0.1, 0.15) is 5.69 Å². The summed E-state index contributed by atoms with van der Waals surface area (Å²) in [6, 6.07) is 4.12. The van der Waals surface area contributed by atoms with Crippen LogP contribution in [0, 0.1) is 20.8 Å². The Labute approximate surface area is 94.3 Å². The number of carboxylic acids is 1. The van der Waals surface area contributed by atoms with Gasteiger partial charge in [0.2, 0.25) is 0 Å². The normalized spacial score (nSPS) is 11.0. The summed E-state index contributed by atoms with van der Waals surface area (Å²) in [6.07, 6.45) is 0. The van der Waals surface area contributed by atoms with Gasteiger partial charge < -0.3 is 9.67 Å². The summed E-state index contributed by atoms with van der Waals surface area (Å²) in [5.74, 6) is -0.867. The Hall–Kier alpha value is -1.77. The number of aromatic nitrogens is 1. The summed E-state index contributed by atoms with van der Waals surface area (Å²) in [7, 11) is 1.81. The van der Waals surface area contributed by atoms with Gasteiger partial charge in [-0.1, -0.05) is 11.6 Å². The fourth-order valence-electron chi connectivity index (χ4n) is 2.49. The lowest BCUT2D eigenvalue weighted by molar-refractivity contribution is 0.0686. The number of benzene rings is 1. The van der Waals surface area contributed by atoms with Crippen LogP contribution in [-0.2, 0) is 7.05 Å². The first-order valence-electron chi connectivity index (χ1n) is 5.23. The van der Waals surface area contributed by atoms with E-state index in [1.165, 1.54) is 0 Å². The molecular weight excluding hydrogens is 202 g/mol. The molecule has 1 aromatic carbocycles. The second-order valence-electron chi connectivity index (χ2n) is 4.32. The number of aryl methyl sites for hydroxylation is 4. The highest BCUT2D eigenvalue weighted by Crippen LogP contribution is 2.28. The van der Waals surface area contributed by atoms with Crippen molar-refractivity contribution in [1.82, 2.24) is 4.57 Å². The molecule has 0 aliphatic rings. The average Bonchev–Trinajstić information content (AvgIpc) is 2.38. The smallest absolute Gasteiger partial charge is 0.352 e. The van der Waals surface area contributed by atoms with Gasteiger partial charge in [-0.05, 0) is 38.0 Å². The number of hydrogen-bond donors (Lipinski definition) is 1. The first-order chi connectivity index (χ1) is 7.43. The quantitative estimate of drug-likeness (QED) is 0.798. The maximum Gasteiger partial charge on any atom is 0.352 e. The molecule has 0 radical (unpaired) electrons. The standard InChI is InChI=1S/C13H15NO2/c1-7-5-8(2)11-10(6-7)9(3)12(13(15)16)14(11)4/h5-6H,1-4H3,(H,15,16). The van der Waals surface area contributed by atoms with E-state index in [1.54, 1.807) is 11.6 Å². The fraction of sp³-hybridized carbons (Fsp3) is 0.308. The Morgan fingerprint density at radius 3 is 2.44 bits per heavy atom. The van der Waals surface area contributed by atoms with Gasteiger partial charge in [0.25, 0.3) is 0 Å². The summed E-state index contributed by atoms with van der Waals surface area (Å²) < 4.78 is 1.77. The Bertz CT molecular complexity index is 594. The zero-order valence-electron chi connectivity index (χ0n) is 9.96. The van der Waals surface area contributed by atoms with E-state index < -0.39 is 5.97 Å². The molecule has 2 aromatic rings. The van der Waals surface area contributed by atoms with Crippen LogP contribution in [0.4, 0.5) is 0 Å². The topological polar surface area (TPSA) is 42.2 Å². The molecule has 0 atom stereocenters. The highest BCUT2D eigenvalue weighted by atomic mass is 16.4. The lowest BCUT2D eigenvalue weighted by atomic mass is 10.1. The number of carboxylic acid groups (broad SMARTS) is 1. The van der Waals surface area contributed by atoms with E-state index in [0.717, 1.165) is 27.6 Å². The number of hydrogen-bond acceptors (Lipinski definition) is 1. The summed E-state index contributed by atoms with van der Waals surface area (Å²) in [5, 5.41) is 10.2. The van der Waals surface area contributed by atoms with Gasteiger partial charge >= 0.3 is 5.97 Å². The summed E-state index contributed by atoms with van der Waals surface area (Å²) in [6.45, 7) is 5.91. The van der Waals surface area contributed by atoms with Crippen molar-refractivity contribution in [1.29, 1.82) is 0 Å². The van der Waals surface area contributed by atoms with Crippen LogP contribution in [0.15, 0.2) is 12.1 Å². The molecular formula is C13H15NO2. The number of fused-ring (bicyclic) bond motifs is 1. The predicted octanol–water partition coefficient (Wildman–Crippen LogP) is 2.80. The van der Waals surface area contributed by atoms with Crippen LogP contribution in [-0.4, -0.2) is 15.6 Å². The van der Waals surface area contributed by atoms with Crippen LogP contribution < -0.4 is 0 Å². The predicted molar refractivity (Wildman–Crippen MR) is 64.1 cm³/mol. The van der Waals surface area contributed by atoms with Crippen molar-refractivity contribution in [2.45, 2.75) is 20.8 Å². The van der Waals surface area contributed by atoms with E-state index in [-0.39, 0.29) is 0 Å². The van der Waals surface area contributed by atoms with E-state index in [4.69, 9.17) is 0 Å². The van der Waals surface area contributed by atoms with Crippen molar-refractivity contribution in [2.24, 2.45) is 7.05 Å². The van der Waals surface area contributed by atoms with E-state index in [2.05, 4.69) is 6.07 Å². The molecule has 0 amide bonds. The molecule has 1 aromatic heterocycles. The number of aromatic carboxylic acids is 1. The molecule has 0 saturated heterocycles. The van der Waals surface area contributed by atoms with Crippen LogP contribution in [0.3, 0.4) is 0 Å². The first kappa shape index (κ1) is 10.7. The van der Waals surface area contributed by atoms with E-state index in [0.29, 0.717) is 5.69 Å². The fourth-order valence-corrected chi connectivity index (χ4v) is 2.49. The molecule has 84 valence electrons. The third kappa shape index (κ3) is 1.32. The third-order valence-corrected chi connectivity index (χ3v) is 3.08. The van der Waals surface area contributed by atoms with E-state index in [1.807, 2.05) is 26.8 Å². The van der Waals surface area contributed by atoms with Crippen LogP contribution >= 0.6 is 0 Å². The summed E-state index contributed by atoms with van der Waals surface area (Å²) >= 11 is 0. The molecule has 1 heterocycles. The molecule has 2 rings (SSSR count). The molecule has 3 nitrogen and oxygen atoms in total. The zero-order chi connectivity index (χ0) is 12.0. The molecule has 0 fully saturated rings. The second-order valence-corrected chi connectivity index (χ2v) is 4.32. The highest BCUT2D eigenvalue weighted by Gasteiger charge is 2.18. The van der Waals surface area contributed by atoms with Gasteiger partial charge in [-0.15, -0.1) is 0 Å². The van der Waals surface area contributed by atoms with Gasteiger partial charge in [-0.3, -0.25) is 0 Å². The molecule has 0 unspecified atom stereocenters. The van der Waals surface area contributed by atoms with E-state index >= 15 is 0 Å². The molecule has 0 saturated carbocycles. The lowest BCUT2D eigenvalue weighted by Crippen LogP contribution is -2.05. The second kappa shape index (κ2) is 3.37. The van der Waals surface area contributed by atoms with Gasteiger partial charge in [0.05, 0.1) is 5.52 Å². The Morgan fingerprint density at radius 1 is 1.25 bits per heavy atom. The van der Waals surface area contributed by atoms with E-state index in [9.17, 15) is 9.90 Å². The SMILES string of the molecule is Cc1cc(C)c2c(c1)c(C)c(C(=O)O)n2C. The Morgan fingerprint density at radius 2 is 1.88 bits per heavy atom. The summed E-state index contributed by atoms with van der Waals surface area (Å²) in [5.41, 5.74) is 4.52. The largest absolute Gasteiger partial charge is 0.477 e. The van der Waals surface area contributed by atoms with Gasteiger partial charge in [-0.25, -0.2) is 4.79 Å². The van der Waals surface area contributed by atoms with Crippen LogP contribution in [0.25, 0.3) is 10.9 Å². The van der Waals surface area contributed by atoms with Crippen LogP contribution in [0.1, 0.15) is 27.2 Å². The molecule has 3 heteroatoms. The van der Waals surface area contributed by atoms with Crippen LogP contribution in [0.2, 0.25) is 0 Å². The van der Waals surface area contributed by atoms with Crippen molar-refractivity contribution in [2.75, 3.05) is 0 Å². The monoisotopic (exact) mass is 217 g/mol. The minimum atomic E-state index is -0.867.